The predicted octanol–water partition coefficient (Wildman–Crippen LogP) is 2.05. The smallest absolute Gasteiger partial charge is 0.227 e. The predicted molar refractivity (Wildman–Crippen MR) is 99.9 cm³/mol. The monoisotopic (exact) mass is 365 g/mol. The average molecular weight is 365 g/mol. The quantitative estimate of drug-likeness (QED) is 0.769. The van der Waals surface area contributed by atoms with Gasteiger partial charge < -0.3 is 10.2 Å². The van der Waals surface area contributed by atoms with Crippen molar-refractivity contribution in [2.24, 2.45) is 0 Å². The Morgan fingerprint density at radius 2 is 1.78 bits per heavy atom. The average Bonchev–Trinajstić information content (AvgIpc) is 3.13. The third kappa shape index (κ3) is 3.73. The summed E-state index contributed by atoms with van der Waals surface area (Å²) in [5.74, 6) is -0.212. The number of aromatic nitrogens is 3. The van der Waals surface area contributed by atoms with E-state index in [2.05, 4.69) is 15.4 Å². The molecule has 27 heavy (non-hydrogen) atoms. The van der Waals surface area contributed by atoms with E-state index >= 15 is 0 Å². The van der Waals surface area contributed by atoms with E-state index in [-0.39, 0.29) is 18.1 Å². The van der Waals surface area contributed by atoms with Crippen LogP contribution in [0, 0.1) is 5.82 Å². The third-order valence-corrected chi connectivity index (χ3v) is 4.68. The molecule has 0 unspecified atom stereocenters. The number of nitrogens with zero attached hydrogens (tertiary/aromatic N) is 4. The van der Waals surface area contributed by atoms with Gasteiger partial charge in [-0.3, -0.25) is 9.78 Å². The summed E-state index contributed by atoms with van der Waals surface area (Å²) < 4.78 is 15.1. The zero-order valence-corrected chi connectivity index (χ0v) is 14.8. The summed E-state index contributed by atoms with van der Waals surface area (Å²) in [6, 6.07) is 9.92. The van der Waals surface area contributed by atoms with Gasteiger partial charge in [0.05, 0.1) is 24.0 Å². The van der Waals surface area contributed by atoms with E-state index in [9.17, 15) is 9.18 Å². The van der Waals surface area contributed by atoms with E-state index in [1.807, 2.05) is 17.0 Å². The van der Waals surface area contributed by atoms with Crippen LogP contribution in [0.3, 0.4) is 0 Å². The van der Waals surface area contributed by atoms with Gasteiger partial charge in [-0.25, -0.2) is 9.07 Å². The number of halogens is 1. The molecule has 2 aromatic heterocycles. The molecular weight excluding hydrogens is 345 g/mol. The lowest BCUT2D eigenvalue weighted by atomic mass is 10.1. The molecule has 6 nitrogen and oxygen atoms in total. The fourth-order valence-corrected chi connectivity index (χ4v) is 3.30. The third-order valence-electron chi connectivity index (χ3n) is 4.68. The molecule has 0 atom stereocenters. The van der Waals surface area contributed by atoms with Gasteiger partial charge in [0.1, 0.15) is 5.82 Å². The first-order valence-corrected chi connectivity index (χ1v) is 8.94. The molecule has 138 valence electrons. The molecule has 0 radical (unpaired) electrons. The summed E-state index contributed by atoms with van der Waals surface area (Å²) in [6.45, 7) is 3.07. The molecule has 0 bridgehead atoms. The number of hydrogen-bond donors (Lipinski definition) is 1. The fraction of sp³-hybridized carbons (Fsp3) is 0.250. The summed E-state index contributed by atoms with van der Waals surface area (Å²) in [7, 11) is 0. The van der Waals surface area contributed by atoms with Crippen LogP contribution in [-0.2, 0) is 11.2 Å². The van der Waals surface area contributed by atoms with Gasteiger partial charge in [-0.05, 0) is 36.4 Å². The second kappa shape index (κ2) is 7.67. The van der Waals surface area contributed by atoms with Crippen LogP contribution in [-0.4, -0.2) is 51.8 Å². The molecule has 1 aromatic carbocycles. The van der Waals surface area contributed by atoms with Crippen LogP contribution in [0.4, 0.5) is 4.39 Å². The molecule has 0 spiro atoms. The van der Waals surface area contributed by atoms with Crippen molar-refractivity contribution in [3.05, 3.63) is 66.4 Å². The van der Waals surface area contributed by atoms with Gasteiger partial charge in [-0.15, -0.1) is 0 Å². The van der Waals surface area contributed by atoms with Crippen molar-refractivity contribution in [3.63, 3.8) is 0 Å². The maximum Gasteiger partial charge on any atom is 0.227 e. The van der Waals surface area contributed by atoms with Crippen LogP contribution in [0.15, 0.2) is 55.0 Å². The molecule has 3 heterocycles. The van der Waals surface area contributed by atoms with Crippen LogP contribution in [0.1, 0.15) is 5.56 Å². The Bertz CT molecular complexity index is 917. The highest BCUT2D eigenvalue weighted by molar-refractivity contribution is 5.81. The van der Waals surface area contributed by atoms with Gasteiger partial charge in [0.15, 0.2) is 0 Å². The maximum atomic E-state index is 13.3. The van der Waals surface area contributed by atoms with E-state index < -0.39 is 0 Å². The summed E-state index contributed by atoms with van der Waals surface area (Å²) in [5.41, 5.74) is 3.32. The SMILES string of the molecule is O=C(Cc1cnn(-c2ccc(F)cc2)c1-c1ccncc1)N1CCNCC1. The zero-order valence-electron chi connectivity index (χ0n) is 14.8. The number of benzene rings is 1. The lowest BCUT2D eigenvalue weighted by molar-refractivity contribution is -0.131. The Labute approximate surface area is 156 Å². The lowest BCUT2D eigenvalue weighted by Crippen LogP contribution is -2.46. The molecule has 0 aliphatic carbocycles. The van der Waals surface area contributed by atoms with E-state index in [0.717, 1.165) is 48.7 Å². The van der Waals surface area contributed by atoms with Gasteiger partial charge in [0.2, 0.25) is 5.91 Å². The molecular formula is C20H20FN5O. The minimum Gasteiger partial charge on any atom is -0.340 e. The Morgan fingerprint density at radius 1 is 1.07 bits per heavy atom. The summed E-state index contributed by atoms with van der Waals surface area (Å²) in [4.78, 5) is 18.7. The second-order valence-corrected chi connectivity index (χ2v) is 6.45. The molecule has 3 aromatic rings. The first-order chi connectivity index (χ1) is 13.2. The molecule has 1 aliphatic heterocycles. The highest BCUT2D eigenvalue weighted by atomic mass is 19.1. The number of carbonyl (C=O) groups excluding carboxylic acids is 1. The van der Waals surface area contributed by atoms with Crippen LogP contribution in [0.2, 0.25) is 0 Å². The number of piperazine rings is 1. The number of pyridine rings is 1. The highest BCUT2D eigenvalue weighted by Crippen LogP contribution is 2.27. The van der Waals surface area contributed by atoms with E-state index in [1.54, 1.807) is 35.4 Å². The van der Waals surface area contributed by atoms with Crippen molar-refractivity contribution in [3.8, 4) is 16.9 Å². The summed E-state index contributed by atoms with van der Waals surface area (Å²) in [5, 5.41) is 7.73. The van der Waals surface area contributed by atoms with Gasteiger partial charge in [-0.1, -0.05) is 0 Å². The molecule has 1 N–H and O–H groups in total. The maximum absolute atomic E-state index is 13.3. The van der Waals surface area contributed by atoms with E-state index in [4.69, 9.17) is 0 Å². The molecule has 4 rings (SSSR count). The van der Waals surface area contributed by atoms with Gasteiger partial charge >= 0.3 is 0 Å². The molecule has 0 saturated carbocycles. The summed E-state index contributed by atoms with van der Waals surface area (Å²) >= 11 is 0. The number of nitrogens with one attached hydrogen (secondary N) is 1. The first-order valence-electron chi connectivity index (χ1n) is 8.94. The minimum atomic E-state index is -0.300. The molecule has 1 fully saturated rings. The number of rotatable bonds is 4. The Morgan fingerprint density at radius 3 is 2.48 bits per heavy atom. The number of hydrogen-bond acceptors (Lipinski definition) is 4. The van der Waals surface area contributed by atoms with Crippen molar-refractivity contribution in [2.45, 2.75) is 6.42 Å². The number of carbonyl (C=O) groups is 1. The largest absolute Gasteiger partial charge is 0.340 e. The topological polar surface area (TPSA) is 63.1 Å². The Kier molecular flexibility index (Phi) is 4.93. The van der Waals surface area contributed by atoms with Crippen LogP contribution in [0.25, 0.3) is 16.9 Å². The fourth-order valence-electron chi connectivity index (χ4n) is 3.30. The Hall–Kier alpha value is -3.06. The van der Waals surface area contributed by atoms with Crippen LogP contribution < -0.4 is 5.32 Å². The Balaban J connectivity index is 1.71. The second-order valence-electron chi connectivity index (χ2n) is 6.45. The highest BCUT2D eigenvalue weighted by Gasteiger charge is 2.21. The van der Waals surface area contributed by atoms with Crippen molar-refractivity contribution in [2.75, 3.05) is 26.2 Å². The van der Waals surface area contributed by atoms with Crippen molar-refractivity contribution in [1.82, 2.24) is 25.0 Å². The van der Waals surface area contributed by atoms with Gasteiger partial charge in [-0.2, -0.15) is 5.10 Å². The normalized spacial score (nSPS) is 14.3. The van der Waals surface area contributed by atoms with Gasteiger partial charge in [0, 0.05) is 49.7 Å². The van der Waals surface area contributed by atoms with Gasteiger partial charge in [0.25, 0.3) is 0 Å². The first kappa shape index (κ1) is 17.4. The molecule has 1 aliphatic rings. The van der Waals surface area contributed by atoms with Crippen LogP contribution >= 0.6 is 0 Å². The minimum absolute atomic E-state index is 0.0884. The standard InChI is InChI=1S/C20H20FN5O/c21-17-1-3-18(4-2-17)26-20(15-5-7-22-8-6-15)16(14-24-26)13-19(27)25-11-9-23-10-12-25/h1-8,14,23H,9-13H2. The zero-order chi connectivity index (χ0) is 18.6. The van der Waals surface area contributed by atoms with Crippen LogP contribution in [0.5, 0.6) is 0 Å². The molecule has 1 saturated heterocycles. The number of amides is 1. The molecule has 7 heteroatoms. The van der Waals surface area contributed by atoms with E-state index in [1.165, 1.54) is 12.1 Å². The van der Waals surface area contributed by atoms with Crippen molar-refractivity contribution in [1.29, 1.82) is 0 Å². The summed E-state index contributed by atoms with van der Waals surface area (Å²) in [6.07, 6.45) is 5.41. The lowest BCUT2D eigenvalue weighted by Gasteiger charge is -2.27. The molecule has 1 amide bonds. The van der Waals surface area contributed by atoms with E-state index in [0.29, 0.717) is 0 Å². The van der Waals surface area contributed by atoms with Crippen molar-refractivity contribution < 1.29 is 9.18 Å². The van der Waals surface area contributed by atoms with Crippen molar-refractivity contribution >= 4 is 5.91 Å².